The molecule has 5 N–H and O–H groups in total. The lowest BCUT2D eigenvalue weighted by molar-refractivity contribution is -0.146. The lowest BCUT2D eigenvalue weighted by Gasteiger charge is -2.32. The van der Waals surface area contributed by atoms with E-state index in [4.69, 9.17) is 5.73 Å². The highest BCUT2D eigenvalue weighted by Gasteiger charge is 2.40. The summed E-state index contributed by atoms with van der Waals surface area (Å²) in [5.41, 5.74) is 5.94. The van der Waals surface area contributed by atoms with Crippen LogP contribution in [0.4, 0.5) is 0 Å². The Balaban J connectivity index is 2.91. The van der Waals surface area contributed by atoms with Crippen LogP contribution in [0.2, 0.25) is 0 Å². The van der Waals surface area contributed by atoms with Gasteiger partial charge in [0.1, 0.15) is 18.1 Å². The highest BCUT2D eigenvalue weighted by atomic mass is 32.2. The molecule has 9 nitrogen and oxygen atoms in total. The molecule has 0 bridgehead atoms. The fourth-order valence-corrected chi connectivity index (χ4v) is 4.05. The van der Waals surface area contributed by atoms with Crippen LogP contribution in [-0.2, 0) is 19.2 Å². The maximum atomic E-state index is 13.3. The molecule has 0 aliphatic carbocycles. The Morgan fingerprint density at radius 1 is 1.16 bits per heavy atom. The number of aliphatic carboxylic acids is 1. The Hall–Kier alpha value is -1.81. The summed E-state index contributed by atoms with van der Waals surface area (Å²) >= 11 is 1.59. The number of carbonyl (C=O) groups is 4. The van der Waals surface area contributed by atoms with Crippen LogP contribution in [0.25, 0.3) is 0 Å². The van der Waals surface area contributed by atoms with Gasteiger partial charge < -0.3 is 26.4 Å². The molecule has 1 aliphatic rings. The molecule has 10 heteroatoms. The number of hydrogen-bond acceptors (Lipinski definition) is 6. The largest absolute Gasteiger partial charge is 0.480 e. The van der Waals surface area contributed by atoms with E-state index in [1.165, 1.54) is 4.90 Å². The predicted molar refractivity (Wildman–Crippen MR) is 121 cm³/mol. The van der Waals surface area contributed by atoms with Crippen molar-refractivity contribution >= 4 is 35.5 Å². The standard InChI is InChI=1S/C21H38N4O5S/c1-6-13(4)17(21(29)30)24-19(27)15-8-7-10-25(15)20(28)16(12(2)3)23-18(26)14(22)9-11-31-5/h12-17H,6-11,22H2,1-5H3,(H,23,26)(H,24,27)(H,29,30). The Labute approximate surface area is 189 Å². The normalized spacial score (nSPS) is 20.1. The maximum absolute atomic E-state index is 13.3. The van der Waals surface area contributed by atoms with Gasteiger partial charge in [0.15, 0.2) is 0 Å². The summed E-state index contributed by atoms with van der Waals surface area (Å²) in [7, 11) is 0. The molecule has 0 saturated carbocycles. The Bertz CT molecular complexity index is 645. The van der Waals surface area contributed by atoms with E-state index in [2.05, 4.69) is 10.6 Å². The zero-order chi connectivity index (χ0) is 23.7. The van der Waals surface area contributed by atoms with Crippen LogP contribution in [-0.4, -0.2) is 76.4 Å². The van der Waals surface area contributed by atoms with Crippen LogP contribution in [0.3, 0.4) is 0 Å². The van der Waals surface area contributed by atoms with Gasteiger partial charge in [-0.25, -0.2) is 4.79 Å². The van der Waals surface area contributed by atoms with E-state index >= 15 is 0 Å². The van der Waals surface area contributed by atoms with Crippen molar-refractivity contribution in [3.05, 3.63) is 0 Å². The number of hydrogen-bond donors (Lipinski definition) is 4. The lowest BCUT2D eigenvalue weighted by atomic mass is 9.98. The maximum Gasteiger partial charge on any atom is 0.326 e. The van der Waals surface area contributed by atoms with E-state index in [0.29, 0.717) is 32.2 Å². The average molecular weight is 459 g/mol. The third-order valence-electron chi connectivity index (χ3n) is 5.82. The van der Waals surface area contributed by atoms with Crippen molar-refractivity contribution in [2.45, 2.75) is 77.5 Å². The molecule has 1 fully saturated rings. The summed E-state index contributed by atoms with van der Waals surface area (Å²) in [4.78, 5) is 51.6. The van der Waals surface area contributed by atoms with Crippen molar-refractivity contribution in [1.82, 2.24) is 15.5 Å². The summed E-state index contributed by atoms with van der Waals surface area (Å²) in [6.07, 6.45) is 4.13. The molecular formula is C21H38N4O5S. The summed E-state index contributed by atoms with van der Waals surface area (Å²) in [6.45, 7) is 7.66. The minimum absolute atomic E-state index is 0.194. The smallest absolute Gasteiger partial charge is 0.326 e. The number of nitrogens with zero attached hydrogens (tertiary/aromatic N) is 1. The van der Waals surface area contributed by atoms with Crippen molar-refractivity contribution < 1.29 is 24.3 Å². The number of thioether (sulfide) groups is 1. The third kappa shape index (κ3) is 7.68. The molecule has 31 heavy (non-hydrogen) atoms. The molecule has 0 aromatic carbocycles. The molecule has 1 heterocycles. The summed E-state index contributed by atoms with van der Waals surface area (Å²) < 4.78 is 0. The Morgan fingerprint density at radius 3 is 2.32 bits per heavy atom. The first kappa shape index (κ1) is 27.2. The minimum Gasteiger partial charge on any atom is -0.480 e. The van der Waals surface area contributed by atoms with Crippen molar-refractivity contribution in [1.29, 1.82) is 0 Å². The van der Waals surface area contributed by atoms with E-state index < -0.39 is 36.0 Å². The number of carbonyl (C=O) groups excluding carboxylic acids is 3. The molecule has 1 rings (SSSR count). The number of carboxylic acids is 1. The van der Waals surface area contributed by atoms with E-state index in [1.807, 2.05) is 27.0 Å². The van der Waals surface area contributed by atoms with Crippen molar-refractivity contribution in [2.75, 3.05) is 18.6 Å². The van der Waals surface area contributed by atoms with Crippen LogP contribution in [0.15, 0.2) is 0 Å². The summed E-state index contributed by atoms with van der Waals surface area (Å²) in [5.74, 6) is -1.98. The number of amides is 3. The molecule has 0 aromatic heterocycles. The number of rotatable bonds is 12. The van der Waals surface area contributed by atoms with Gasteiger partial charge in [0.25, 0.3) is 0 Å². The van der Waals surface area contributed by atoms with Gasteiger partial charge in [-0.15, -0.1) is 0 Å². The molecule has 0 radical (unpaired) electrons. The highest BCUT2D eigenvalue weighted by molar-refractivity contribution is 7.98. The van der Waals surface area contributed by atoms with Gasteiger partial charge in [-0.3, -0.25) is 14.4 Å². The number of likely N-dealkylation sites (tertiary alicyclic amines) is 1. The Morgan fingerprint density at radius 2 is 1.81 bits per heavy atom. The first-order chi connectivity index (χ1) is 14.5. The molecular weight excluding hydrogens is 420 g/mol. The van der Waals surface area contributed by atoms with Gasteiger partial charge in [0.05, 0.1) is 6.04 Å². The second kappa shape index (κ2) is 12.9. The minimum atomic E-state index is -1.09. The lowest BCUT2D eigenvalue weighted by Crippen LogP contribution is -2.58. The number of nitrogens with two attached hydrogens (primary N) is 1. The molecule has 3 amide bonds. The monoisotopic (exact) mass is 458 g/mol. The first-order valence-corrected chi connectivity index (χ1v) is 12.3. The molecule has 0 aromatic rings. The summed E-state index contributed by atoms with van der Waals surface area (Å²) in [5, 5.41) is 14.8. The summed E-state index contributed by atoms with van der Waals surface area (Å²) in [6, 6.07) is -3.26. The zero-order valence-corrected chi connectivity index (χ0v) is 20.0. The van der Waals surface area contributed by atoms with Gasteiger partial charge in [0.2, 0.25) is 17.7 Å². The van der Waals surface area contributed by atoms with Crippen molar-refractivity contribution in [3.63, 3.8) is 0 Å². The second-order valence-electron chi connectivity index (χ2n) is 8.52. The number of carboxylic acid groups (broad SMARTS) is 1. The van der Waals surface area contributed by atoms with Crippen molar-refractivity contribution in [2.24, 2.45) is 17.6 Å². The topological polar surface area (TPSA) is 142 Å². The van der Waals surface area contributed by atoms with Crippen LogP contribution >= 0.6 is 11.8 Å². The van der Waals surface area contributed by atoms with E-state index in [0.717, 1.165) is 5.75 Å². The molecule has 0 spiro atoms. The molecule has 1 aliphatic heterocycles. The zero-order valence-electron chi connectivity index (χ0n) is 19.2. The van der Waals surface area contributed by atoms with Gasteiger partial charge in [-0.1, -0.05) is 34.1 Å². The van der Waals surface area contributed by atoms with Crippen LogP contribution < -0.4 is 16.4 Å². The quantitative estimate of drug-likeness (QED) is 0.339. The third-order valence-corrected chi connectivity index (χ3v) is 6.46. The SMILES string of the molecule is CCC(C)C(NC(=O)C1CCCN1C(=O)C(NC(=O)C(N)CCSC)C(C)C)C(=O)O. The van der Waals surface area contributed by atoms with Gasteiger partial charge >= 0.3 is 5.97 Å². The fourth-order valence-electron chi connectivity index (χ4n) is 3.56. The fraction of sp³-hybridized carbons (Fsp3) is 0.810. The van der Waals surface area contributed by atoms with E-state index in [-0.39, 0.29) is 23.7 Å². The molecule has 5 unspecified atom stereocenters. The molecule has 178 valence electrons. The van der Waals surface area contributed by atoms with Crippen LogP contribution in [0, 0.1) is 11.8 Å². The van der Waals surface area contributed by atoms with E-state index in [9.17, 15) is 24.3 Å². The highest BCUT2D eigenvalue weighted by Crippen LogP contribution is 2.21. The van der Waals surface area contributed by atoms with Gasteiger partial charge in [-0.2, -0.15) is 11.8 Å². The average Bonchev–Trinajstić information content (AvgIpc) is 3.22. The second-order valence-corrected chi connectivity index (χ2v) is 9.50. The molecule has 1 saturated heterocycles. The molecule has 5 atom stereocenters. The Kier molecular flexibility index (Phi) is 11.3. The van der Waals surface area contributed by atoms with Gasteiger partial charge in [-0.05, 0) is 43.1 Å². The van der Waals surface area contributed by atoms with E-state index in [1.54, 1.807) is 18.7 Å². The van der Waals surface area contributed by atoms with Crippen molar-refractivity contribution in [3.8, 4) is 0 Å². The van der Waals surface area contributed by atoms with Crippen LogP contribution in [0.5, 0.6) is 0 Å². The predicted octanol–water partition coefficient (Wildman–Crippen LogP) is 0.814. The first-order valence-electron chi connectivity index (χ1n) is 10.9. The van der Waals surface area contributed by atoms with Gasteiger partial charge in [0, 0.05) is 6.54 Å². The number of nitrogens with one attached hydrogen (secondary N) is 2. The van der Waals surface area contributed by atoms with Crippen LogP contribution in [0.1, 0.15) is 53.4 Å².